The number of pyridine rings is 1. The highest BCUT2D eigenvalue weighted by Crippen LogP contribution is 2.19. The molecule has 2 N–H and O–H groups in total. The Morgan fingerprint density at radius 1 is 1.00 bits per heavy atom. The lowest BCUT2D eigenvalue weighted by molar-refractivity contribution is -0.115. The molecule has 0 saturated heterocycles. The maximum absolute atomic E-state index is 12.2. The number of rotatable bonds is 7. The lowest BCUT2D eigenvalue weighted by atomic mass is 10.1. The molecule has 0 aliphatic carbocycles. The van der Waals surface area contributed by atoms with Crippen molar-refractivity contribution in [3.8, 4) is 5.75 Å². The monoisotopic (exact) mass is 375 g/mol. The van der Waals surface area contributed by atoms with Crippen molar-refractivity contribution in [3.63, 3.8) is 0 Å². The van der Waals surface area contributed by atoms with E-state index in [1.165, 1.54) is 6.92 Å². The number of Topliss-reactive ketones (excluding diaryl/α,β-unsaturated/α-hetero) is 1. The van der Waals surface area contributed by atoms with Crippen LogP contribution in [0.3, 0.4) is 0 Å². The molecule has 0 saturated carbocycles. The van der Waals surface area contributed by atoms with Crippen molar-refractivity contribution in [2.24, 2.45) is 0 Å². The molecule has 6 heteroatoms. The number of ether oxygens (including phenoxy) is 1. The highest BCUT2D eigenvalue weighted by atomic mass is 16.5. The zero-order valence-corrected chi connectivity index (χ0v) is 15.7. The number of carbonyl (C=O) groups excluding carboxylic acids is 2. The van der Waals surface area contributed by atoms with Gasteiger partial charge in [-0.15, -0.1) is 0 Å². The first-order valence-corrected chi connectivity index (χ1v) is 8.80. The number of anilines is 3. The van der Waals surface area contributed by atoms with Crippen LogP contribution in [0.5, 0.6) is 5.75 Å². The quantitative estimate of drug-likeness (QED) is 0.605. The highest BCUT2D eigenvalue weighted by molar-refractivity contribution is 5.95. The van der Waals surface area contributed by atoms with Gasteiger partial charge in [0.25, 0.3) is 0 Å². The van der Waals surface area contributed by atoms with E-state index < -0.39 is 0 Å². The first-order valence-electron chi connectivity index (χ1n) is 8.80. The molecular formula is C22H21N3O3. The van der Waals surface area contributed by atoms with Crippen molar-refractivity contribution >= 4 is 28.9 Å². The Balaban J connectivity index is 1.58. The van der Waals surface area contributed by atoms with Gasteiger partial charge in [0.15, 0.2) is 5.78 Å². The highest BCUT2D eigenvalue weighted by Gasteiger charge is 2.06. The van der Waals surface area contributed by atoms with Gasteiger partial charge in [-0.1, -0.05) is 24.3 Å². The Bertz CT molecular complexity index is 967. The zero-order valence-electron chi connectivity index (χ0n) is 15.7. The maximum Gasteiger partial charge on any atom is 0.229 e. The minimum atomic E-state index is -0.146. The summed E-state index contributed by atoms with van der Waals surface area (Å²) in [5, 5.41) is 5.97. The summed E-state index contributed by atoms with van der Waals surface area (Å²) in [6.07, 6.45) is 1.88. The number of carbonyl (C=O) groups is 2. The molecule has 3 rings (SSSR count). The van der Waals surface area contributed by atoms with E-state index in [0.29, 0.717) is 11.4 Å². The first kappa shape index (κ1) is 19.1. The third kappa shape index (κ3) is 5.17. The van der Waals surface area contributed by atoms with E-state index in [-0.39, 0.29) is 18.1 Å². The summed E-state index contributed by atoms with van der Waals surface area (Å²) in [6.45, 7) is 1.53. The molecule has 0 radical (unpaired) electrons. The molecule has 3 aromatic rings. The van der Waals surface area contributed by atoms with Gasteiger partial charge in [0.1, 0.15) is 11.6 Å². The van der Waals surface area contributed by atoms with Crippen LogP contribution in [-0.2, 0) is 11.2 Å². The van der Waals surface area contributed by atoms with Gasteiger partial charge in [-0.05, 0) is 48.9 Å². The Morgan fingerprint density at radius 3 is 2.43 bits per heavy atom. The van der Waals surface area contributed by atoms with Crippen LogP contribution in [0.15, 0.2) is 66.9 Å². The van der Waals surface area contributed by atoms with E-state index in [1.807, 2.05) is 42.5 Å². The van der Waals surface area contributed by atoms with Crippen LogP contribution >= 0.6 is 0 Å². The average molecular weight is 375 g/mol. The Labute approximate surface area is 163 Å². The van der Waals surface area contributed by atoms with Crippen LogP contribution in [0.2, 0.25) is 0 Å². The molecular weight excluding hydrogens is 354 g/mol. The van der Waals surface area contributed by atoms with Gasteiger partial charge in [-0.25, -0.2) is 4.98 Å². The third-order valence-corrected chi connectivity index (χ3v) is 4.11. The van der Waals surface area contributed by atoms with E-state index in [4.69, 9.17) is 4.74 Å². The van der Waals surface area contributed by atoms with Gasteiger partial charge < -0.3 is 15.4 Å². The second kappa shape index (κ2) is 8.81. The largest absolute Gasteiger partial charge is 0.497 e. The van der Waals surface area contributed by atoms with Crippen LogP contribution in [-0.4, -0.2) is 23.8 Å². The molecule has 1 heterocycles. The van der Waals surface area contributed by atoms with E-state index in [0.717, 1.165) is 22.7 Å². The SMILES string of the molecule is COc1ccc(CC(=O)Nc2ccc(Nc3cccc(C(C)=O)c3)cn2)cc1. The van der Waals surface area contributed by atoms with Gasteiger partial charge in [0.05, 0.1) is 25.4 Å². The molecule has 0 bridgehead atoms. The number of hydrogen-bond acceptors (Lipinski definition) is 5. The van der Waals surface area contributed by atoms with E-state index in [9.17, 15) is 9.59 Å². The summed E-state index contributed by atoms with van der Waals surface area (Å²) < 4.78 is 5.11. The number of ketones is 1. The fraction of sp³-hybridized carbons (Fsp3) is 0.136. The molecule has 1 aromatic heterocycles. The molecule has 28 heavy (non-hydrogen) atoms. The molecule has 0 aliphatic rings. The predicted octanol–water partition coefficient (Wildman–Crippen LogP) is 4.22. The smallest absolute Gasteiger partial charge is 0.229 e. The number of nitrogens with one attached hydrogen (secondary N) is 2. The molecule has 1 amide bonds. The Morgan fingerprint density at radius 2 is 1.79 bits per heavy atom. The van der Waals surface area contributed by atoms with E-state index in [2.05, 4.69) is 15.6 Å². The second-order valence-corrected chi connectivity index (χ2v) is 6.27. The number of hydrogen-bond donors (Lipinski definition) is 2. The van der Waals surface area contributed by atoms with Gasteiger partial charge >= 0.3 is 0 Å². The van der Waals surface area contributed by atoms with Crippen LogP contribution in [0, 0.1) is 0 Å². The zero-order chi connectivity index (χ0) is 19.9. The molecule has 0 atom stereocenters. The topological polar surface area (TPSA) is 80.3 Å². The van der Waals surface area contributed by atoms with Crippen molar-refractivity contribution in [1.29, 1.82) is 0 Å². The number of amides is 1. The molecule has 6 nitrogen and oxygen atoms in total. The van der Waals surface area contributed by atoms with E-state index in [1.54, 1.807) is 31.5 Å². The summed E-state index contributed by atoms with van der Waals surface area (Å²) in [5.74, 6) is 1.09. The molecule has 0 aliphatic heterocycles. The fourth-order valence-electron chi connectivity index (χ4n) is 2.64. The summed E-state index contributed by atoms with van der Waals surface area (Å²) in [5.41, 5.74) is 3.09. The average Bonchev–Trinajstić information content (AvgIpc) is 2.70. The summed E-state index contributed by atoms with van der Waals surface area (Å²) in [4.78, 5) is 27.9. The normalized spacial score (nSPS) is 10.2. The minimum absolute atomic E-state index is 0.0108. The van der Waals surface area contributed by atoms with Crippen LogP contribution in [0.1, 0.15) is 22.8 Å². The van der Waals surface area contributed by atoms with Crippen LogP contribution < -0.4 is 15.4 Å². The van der Waals surface area contributed by atoms with Gasteiger partial charge in [0, 0.05) is 11.3 Å². The van der Waals surface area contributed by atoms with Gasteiger partial charge in [-0.3, -0.25) is 9.59 Å². The van der Waals surface area contributed by atoms with Crippen molar-refractivity contribution < 1.29 is 14.3 Å². The van der Waals surface area contributed by atoms with E-state index >= 15 is 0 Å². The molecule has 0 fully saturated rings. The summed E-state index contributed by atoms with van der Waals surface area (Å²) in [7, 11) is 1.60. The van der Waals surface area contributed by atoms with Gasteiger partial charge in [0.2, 0.25) is 5.91 Å². The molecule has 142 valence electrons. The molecule has 0 unspecified atom stereocenters. The number of benzene rings is 2. The standard InChI is InChI=1S/C22H21N3O3/c1-15(26)17-4-3-5-18(13-17)24-19-8-11-21(23-14-19)25-22(27)12-16-6-9-20(28-2)10-7-16/h3-11,13-14,24H,12H2,1-2H3,(H,23,25,27). The molecule has 0 spiro atoms. The Hall–Kier alpha value is -3.67. The van der Waals surface area contributed by atoms with Crippen molar-refractivity contribution in [2.45, 2.75) is 13.3 Å². The number of aromatic nitrogens is 1. The maximum atomic E-state index is 12.2. The predicted molar refractivity (Wildman–Crippen MR) is 109 cm³/mol. The minimum Gasteiger partial charge on any atom is -0.497 e. The van der Waals surface area contributed by atoms with Crippen LogP contribution in [0.25, 0.3) is 0 Å². The second-order valence-electron chi connectivity index (χ2n) is 6.27. The summed E-state index contributed by atoms with van der Waals surface area (Å²) in [6, 6.07) is 18.1. The Kier molecular flexibility index (Phi) is 6.01. The fourth-order valence-corrected chi connectivity index (χ4v) is 2.64. The summed E-state index contributed by atoms with van der Waals surface area (Å²) >= 11 is 0. The van der Waals surface area contributed by atoms with Crippen LogP contribution in [0.4, 0.5) is 17.2 Å². The van der Waals surface area contributed by atoms with Crippen molar-refractivity contribution in [2.75, 3.05) is 17.7 Å². The number of methoxy groups -OCH3 is 1. The molecule has 2 aromatic carbocycles. The lowest BCUT2D eigenvalue weighted by Gasteiger charge is -2.09. The van der Waals surface area contributed by atoms with Crippen molar-refractivity contribution in [3.05, 3.63) is 78.0 Å². The van der Waals surface area contributed by atoms with Crippen molar-refractivity contribution in [1.82, 2.24) is 4.98 Å². The first-order chi connectivity index (χ1) is 13.5. The number of nitrogens with zero attached hydrogens (tertiary/aromatic N) is 1. The lowest BCUT2D eigenvalue weighted by Crippen LogP contribution is -2.15. The third-order valence-electron chi connectivity index (χ3n) is 4.11. The van der Waals surface area contributed by atoms with Gasteiger partial charge in [-0.2, -0.15) is 0 Å².